The van der Waals surface area contributed by atoms with Gasteiger partial charge in [-0.05, 0) is 18.4 Å². The highest BCUT2D eigenvalue weighted by molar-refractivity contribution is 5.17. The molecule has 17 heteroatoms. The Kier molecular flexibility index (Phi) is 17.9. The minimum atomic E-state index is -3.20. The molecule has 0 aromatic rings. The molecule has 17 nitrogen and oxygen atoms in total. The zero-order valence-corrected chi connectivity index (χ0v) is 27.0. The van der Waals surface area contributed by atoms with Crippen LogP contribution in [0.5, 0.6) is 0 Å². The lowest BCUT2D eigenvalue weighted by Crippen LogP contribution is -2.79. The van der Waals surface area contributed by atoms with E-state index in [-0.39, 0.29) is 0 Å². The molecule has 2 aliphatic heterocycles. The van der Waals surface area contributed by atoms with Crippen LogP contribution < -0.4 is 5.73 Å². The standard InChI is InChI=1S/C30H56N4O13/c1-2-3-4-5-6-7-8-9-10-11-12-13-14-15-18(37)25(31)30(44,33-34-32)29(17-36)26(42)21(39)23(41)28(47-29)46-24-19(16-35)45-27(43)22(40)20(24)38/h14-15,18-28,35-44H,2-13,16-17,31H2,1H3/b15-14+/t18-,19-,20-,21-,22-,23-,24-,25+,26-,27-,28+,29-,30?/m1/s1. The summed E-state index contributed by atoms with van der Waals surface area (Å²) in [6.45, 7) is -0.0811. The molecule has 47 heavy (non-hydrogen) atoms. The first kappa shape index (κ1) is 41.7. The van der Waals surface area contributed by atoms with Gasteiger partial charge < -0.3 is 71.0 Å². The molecule has 0 aromatic carbocycles. The molecule has 0 amide bonds. The smallest absolute Gasteiger partial charge is 0.195 e. The van der Waals surface area contributed by atoms with Crippen LogP contribution in [0.15, 0.2) is 17.3 Å². The van der Waals surface area contributed by atoms with E-state index in [0.29, 0.717) is 6.42 Å². The molecule has 2 saturated heterocycles. The normalized spacial score (nSPS) is 35.7. The first-order valence-corrected chi connectivity index (χ1v) is 16.5. The summed E-state index contributed by atoms with van der Waals surface area (Å²) in [6.07, 6.45) is -3.59. The summed E-state index contributed by atoms with van der Waals surface area (Å²) in [5.41, 5.74) is 9.30. The number of unbranched alkanes of at least 4 members (excludes halogenated alkanes) is 11. The number of allylic oxidation sites excluding steroid dienone is 1. The minimum Gasteiger partial charge on any atom is -0.394 e. The van der Waals surface area contributed by atoms with Crippen molar-refractivity contribution in [3.63, 3.8) is 0 Å². The van der Waals surface area contributed by atoms with E-state index in [0.717, 1.165) is 25.7 Å². The van der Waals surface area contributed by atoms with Crippen molar-refractivity contribution in [1.82, 2.24) is 0 Å². The fourth-order valence-corrected chi connectivity index (χ4v) is 6.04. The fourth-order valence-electron chi connectivity index (χ4n) is 6.04. The van der Waals surface area contributed by atoms with Crippen LogP contribution in [0.3, 0.4) is 0 Å². The number of azide groups is 1. The van der Waals surface area contributed by atoms with Crippen LogP contribution in [0.4, 0.5) is 0 Å². The van der Waals surface area contributed by atoms with Crippen molar-refractivity contribution in [2.24, 2.45) is 10.8 Å². The highest BCUT2D eigenvalue weighted by atomic mass is 16.7. The van der Waals surface area contributed by atoms with Gasteiger partial charge in [-0.25, -0.2) is 0 Å². The number of aliphatic hydroxyl groups is 10. The third-order valence-corrected chi connectivity index (χ3v) is 9.08. The Bertz CT molecular complexity index is 976. The van der Waals surface area contributed by atoms with Crippen molar-refractivity contribution in [1.29, 1.82) is 0 Å². The lowest BCUT2D eigenvalue weighted by atomic mass is 9.74. The summed E-state index contributed by atoms with van der Waals surface area (Å²) in [4.78, 5) is 2.54. The van der Waals surface area contributed by atoms with Crippen molar-refractivity contribution >= 4 is 0 Å². The van der Waals surface area contributed by atoms with Gasteiger partial charge in [0.15, 0.2) is 23.9 Å². The van der Waals surface area contributed by atoms with Crippen molar-refractivity contribution in [3.05, 3.63) is 22.6 Å². The summed E-state index contributed by atoms with van der Waals surface area (Å²) in [6, 6.07) is -1.98. The molecule has 2 heterocycles. The number of nitrogens with zero attached hydrogens (tertiary/aromatic N) is 3. The predicted octanol–water partition coefficient (Wildman–Crippen LogP) is -1.08. The first-order chi connectivity index (χ1) is 22.4. The quantitative estimate of drug-likeness (QED) is 0.0226. The zero-order valence-electron chi connectivity index (χ0n) is 27.0. The molecule has 2 fully saturated rings. The molecule has 0 saturated carbocycles. The van der Waals surface area contributed by atoms with E-state index in [9.17, 15) is 56.6 Å². The largest absolute Gasteiger partial charge is 0.394 e. The lowest BCUT2D eigenvalue weighted by molar-refractivity contribution is -0.399. The molecule has 13 atom stereocenters. The Morgan fingerprint density at radius 3 is 2.02 bits per heavy atom. The van der Waals surface area contributed by atoms with Gasteiger partial charge in [-0.3, -0.25) is 0 Å². The molecule has 12 N–H and O–H groups in total. The van der Waals surface area contributed by atoms with E-state index >= 15 is 0 Å². The topological polar surface area (TPSA) is 305 Å². The third-order valence-electron chi connectivity index (χ3n) is 9.08. The molecule has 0 aromatic heterocycles. The monoisotopic (exact) mass is 680 g/mol. The number of nitrogens with two attached hydrogens (primary N) is 1. The maximum absolute atomic E-state index is 11.6. The summed E-state index contributed by atoms with van der Waals surface area (Å²) in [5, 5.41) is 108. The van der Waals surface area contributed by atoms with Gasteiger partial charge in [0.25, 0.3) is 0 Å². The van der Waals surface area contributed by atoms with Crippen LogP contribution in [-0.4, -0.2) is 143 Å². The first-order valence-electron chi connectivity index (χ1n) is 16.5. The van der Waals surface area contributed by atoms with Crippen molar-refractivity contribution in [3.8, 4) is 0 Å². The molecule has 0 aliphatic carbocycles. The summed E-state index contributed by atoms with van der Waals surface area (Å²) in [5.74, 6) is 0. The van der Waals surface area contributed by atoms with Crippen LogP contribution >= 0.6 is 0 Å². The maximum atomic E-state index is 11.6. The SMILES string of the molecule is CCCCCCCCCCCCC/C=C/[C@@H](O)[C@H](N)C(O)(N=[N+]=[N-])[C@]1(CO)O[C@H](O[C@H]2[C@H](O)[C@@H](O)[C@H](O)O[C@@H]2CO)[C@H](O)[C@@H](O)[C@H]1O. The highest BCUT2D eigenvalue weighted by Crippen LogP contribution is 2.42. The molecule has 0 spiro atoms. The van der Waals surface area contributed by atoms with Gasteiger partial charge in [0.05, 0.1) is 25.4 Å². The number of aliphatic hydroxyl groups excluding tert-OH is 9. The Balaban J connectivity index is 2.11. The lowest BCUT2D eigenvalue weighted by Gasteiger charge is -2.55. The van der Waals surface area contributed by atoms with Crippen molar-refractivity contribution in [2.45, 2.75) is 163 Å². The Morgan fingerprint density at radius 2 is 1.49 bits per heavy atom. The zero-order chi connectivity index (χ0) is 35.2. The Hall–Kier alpha value is -1.51. The van der Waals surface area contributed by atoms with Gasteiger partial charge >= 0.3 is 0 Å². The van der Waals surface area contributed by atoms with Crippen molar-refractivity contribution < 1.29 is 65.3 Å². The van der Waals surface area contributed by atoms with Gasteiger partial charge in [-0.15, -0.1) is 0 Å². The maximum Gasteiger partial charge on any atom is 0.195 e. The van der Waals surface area contributed by atoms with E-state index in [1.807, 2.05) is 0 Å². The molecular weight excluding hydrogens is 624 g/mol. The second kappa shape index (κ2) is 20.2. The van der Waals surface area contributed by atoms with E-state index in [1.54, 1.807) is 6.08 Å². The molecule has 1 unspecified atom stereocenters. The molecule has 0 bridgehead atoms. The molecule has 2 aliphatic rings. The number of rotatable bonds is 21. The number of hydrogen-bond acceptors (Lipinski definition) is 15. The number of hydrogen-bond donors (Lipinski definition) is 11. The third kappa shape index (κ3) is 10.3. The van der Waals surface area contributed by atoms with Crippen LogP contribution in [0.1, 0.15) is 84.0 Å². The van der Waals surface area contributed by atoms with Gasteiger partial charge in [0, 0.05) is 4.91 Å². The van der Waals surface area contributed by atoms with Crippen molar-refractivity contribution in [2.75, 3.05) is 13.2 Å². The van der Waals surface area contributed by atoms with Gasteiger partial charge in [0.2, 0.25) is 0 Å². The van der Waals surface area contributed by atoms with Gasteiger partial charge in [-0.2, -0.15) is 0 Å². The van der Waals surface area contributed by atoms with E-state index in [4.69, 9.17) is 19.9 Å². The van der Waals surface area contributed by atoms with Crippen LogP contribution in [0.2, 0.25) is 0 Å². The average Bonchev–Trinajstić information content (AvgIpc) is 3.06. The molecule has 0 radical (unpaired) electrons. The summed E-state index contributed by atoms with van der Waals surface area (Å²) >= 11 is 0. The molecule has 2 rings (SSSR count). The number of ether oxygens (including phenoxy) is 3. The summed E-state index contributed by atoms with van der Waals surface area (Å²) in [7, 11) is 0. The van der Waals surface area contributed by atoms with E-state index < -0.39 is 92.0 Å². The van der Waals surface area contributed by atoms with Crippen LogP contribution in [-0.2, 0) is 14.2 Å². The molecular formula is C30H56N4O13. The van der Waals surface area contributed by atoms with Gasteiger partial charge in [-0.1, -0.05) is 88.4 Å². The van der Waals surface area contributed by atoms with E-state index in [2.05, 4.69) is 16.9 Å². The highest BCUT2D eigenvalue weighted by Gasteiger charge is 2.67. The second-order valence-corrected chi connectivity index (χ2v) is 12.5. The molecule has 274 valence electrons. The van der Waals surface area contributed by atoms with Crippen LogP contribution in [0, 0.1) is 0 Å². The minimum absolute atomic E-state index is 0.560. The Labute approximate surface area is 274 Å². The van der Waals surface area contributed by atoms with Gasteiger partial charge in [0.1, 0.15) is 42.7 Å². The van der Waals surface area contributed by atoms with E-state index in [1.165, 1.54) is 51.0 Å². The van der Waals surface area contributed by atoms with Crippen LogP contribution in [0.25, 0.3) is 10.4 Å². The predicted molar refractivity (Wildman–Crippen MR) is 166 cm³/mol. The second-order valence-electron chi connectivity index (χ2n) is 12.5. The summed E-state index contributed by atoms with van der Waals surface area (Å²) < 4.78 is 16.1. The fraction of sp³-hybridized carbons (Fsp3) is 0.933. The average molecular weight is 681 g/mol. The Morgan fingerprint density at radius 1 is 0.915 bits per heavy atom.